The number of carbonyl (C=O) groups excluding carboxylic acids is 2. The van der Waals surface area contributed by atoms with Crippen LogP contribution in [0.1, 0.15) is 32.3 Å². The molecule has 4 aromatic carbocycles. The molecule has 0 saturated carbocycles. The predicted molar refractivity (Wildman–Crippen MR) is 152 cm³/mol. The number of amides is 2. The summed E-state index contributed by atoms with van der Waals surface area (Å²) in [5.41, 5.74) is 4.49. The highest BCUT2D eigenvalue weighted by atomic mass is 35.5. The number of rotatable bonds is 8. The van der Waals surface area contributed by atoms with Crippen LogP contribution in [-0.4, -0.2) is 18.9 Å². The van der Waals surface area contributed by atoms with Gasteiger partial charge in [0.15, 0.2) is 0 Å². The number of anilines is 2. The van der Waals surface area contributed by atoms with Crippen molar-refractivity contribution in [2.24, 2.45) is 0 Å². The van der Waals surface area contributed by atoms with E-state index in [-0.39, 0.29) is 11.8 Å². The van der Waals surface area contributed by atoms with Crippen LogP contribution in [0, 0.1) is 13.8 Å². The van der Waals surface area contributed by atoms with E-state index in [1.807, 2.05) is 86.6 Å². The van der Waals surface area contributed by atoms with Crippen LogP contribution < -0.4 is 15.4 Å². The van der Waals surface area contributed by atoms with Gasteiger partial charge in [0, 0.05) is 27.2 Å². The molecule has 0 bridgehead atoms. The van der Waals surface area contributed by atoms with Gasteiger partial charge in [-0.3, -0.25) is 9.59 Å². The lowest BCUT2D eigenvalue weighted by atomic mass is 10.1. The molecule has 0 radical (unpaired) electrons. The van der Waals surface area contributed by atoms with Crippen molar-refractivity contribution in [1.82, 2.24) is 0 Å². The van der Waals surface area contributed by atoms with E-state index in [0.717, 1.165) is 21.6 Å². The highest BCUT2D eigenvalue weighted by Crippen LogP contribution is 2.39. The molecule has 1 atom stereocenters. The van der Waals surface area contributed by atoms with Crippen LogP contribution in [0.2, 0.25) is 5.02 Å². The molecule has 4 rings (SSSR count). The van der Waals surface area contributed by atoms with Crippen molar-refractivity contribution < 1.29 is 14.3 Å². The van der Waals surface area contributed by atoms with Crippen molar-refractivity contribution in [1.29, 1.82) is 0 Å². The maximum atomic E-state index is 13.6. The Bertz CT molecular complexity index is 1430. The van der Waals surface area contributed by atoms with Crippen LogP contribution in [0.4, 0.5) is 11.4 Å². The summed E-state index contributed by atoms with van der Waals surface area (Å²) in [4.78, 5) is 27.2. The molecule has 188 valence electrons. The maximum absolute atomic E-state index is 13.6. The summed E-state index contributed by atoms with van der Waals surface area (Å²) >= 11 is 7.64. The number of ether oxygens (including phenoxy) is 1. The van der Waals surface area contributed by atoms with Gasteiger partial charge >= 0.3 is 0 Å². The van der Waals surface area contributed by atoms with E-state index in [4.69, 9.17) is 16.3 Å². The average Bonchev–Trinajstić information content (AvgIpc) is 2.90. The summed E-state index contributed by atoms with van der Waals surface area (Å²) in [5, 5.41) is 5.97. The Morgan fingerprint density at radius 2 is 1.62 bits per heavy atom. The molecular formula is C30H27ClN2O3S. The van der Waals surface area contributed by atoms with Crippen LogP contribution in [0.15, 0.2) is 95.9 Å². The van der Waals surface area contributed by atoms with Gasteiger partial charge in [0.1, 0.15) is 11.0 Å². The van der Waals surface area contributed by atoms with Crippen molar-refractivity contribution in [2.45, 2.75) is 24.0 Å². The number of hydrogen-bond acceptors (Lipinski definition) is 4. The van der Waals surface area contributed by atoms with Gasteiger partial charge in [-0.2, -0.15) is 0 Å². The Kier molecular flexibility index (Phi) is 8.54. The molecule has 0 aliphatic rings. The fourth-order valence-electron chi connectivity index (χ4n) is 3.80. The van der Waals surface area contributed by atoms with Crippen molar-refractivity contribution in [3.05, 3.63) is 118 Å². The highest BCUT2D eigenvalue weighted by molar-refractivity contribution is 8.00. The third-order valence-electron chi connectivity index (χ3n) is 5.71. The molecular weight excluding hydrogens is 504 g/mol. The molecule has 0 heterocycles. The summed E-state index contributed by atoms with van der Waals surface area (Å²) in [7, 11) is 1.54. The van der Waals surface area contributed by atoms with Gasteiger partial charge in [0.25, 0.3) is 5.91 Å². The molecule has 5 nitrogen and oxygen atoms in total. The Balaban J connectivity index is 1.58. The van der Waals surface area contributed by atoms with Crippen LogP contribution in [0.3, 0.4) is 0 Å². The first-order valence-electron chi connectivity index (χ1n) is 11.7. The largest absolute Gasteiger partial charge is 0.495 e. The minimum Gasteiger partial charge on any atom is -0.495 e. The Morgan fingerprint density at radius 1 is 0.865 bits per heavy atom. The fraction of sp³-hybridized carbons (Fsp3) is 0.133. The van der Waals surface area contributed by atoms with Gasteiger partial charge in [-0.05, 0) is 61.4 Å². The first-order valence-corrected chi connectivity index (χ1v) is 12.9. The maximum Gasteiger partial charge on any atom is 0.255 e. The number of nitrogens with one attached hydrogen (secondary N) is 2. The van der Waals surface area contributed by atoms with Gasteiger partial charge in [-0.25, -0.2) is 0 Å². The van der Waals surface area contributed by atoms with Crippen molar-refractivity contribution in [3.8, 4) is 5.75 Å². The van der Waals surface area contributed by atoms with Gasteiger partial charge < -0.3 is 15.4 Å². The van der Waals surface area contributed by atoms with Crippen LogP contribution >= 0.6 is 23.4 Å². The fourth-order valence-corrected chi connectivity index (χ4v) is 5.04. The molecule has 0 aliphatic heterocycles. The Morgan fingerprint density at radius 3 is 2.35 bits per heavy atom. The molecule has 37 heavy (non-hydrogen) atoms. The van der Waals surface area contributed by atoms with Crippen molar-refractivity contribution >= 4 is 46.6 Å². The third-order valence-corrected chi connectivity index (χ3v) is 7.36. The number of aryl methyl sites for hydroxylation is 2. The number of carbonyl (C=O) groups is 2. The topological polar surface area (TPSA) is 67.4 Å². The van der Waals surface area contributed by atoms with E-state index >= 15 is 0 Å². The number of hydrogen-bond donors (Lipinski definition) is 2. The van der Waals surface area contributed by atoms with Crippen LogP contribution in [0.25, 0.3) is 0 Å². The standard InChI is InChI=1S/C30H27ClN2O3S/c1-19-9-7-12-22(15-19)29(34)32-23-13-8-14-24(17-23)37-28(21-10-5-4-6-11-21)30(35)33-26-16-20(2)25(31)18-27(26)36-3/h4-18,28H,1-3H3,(H,32,34)(H,33,35). The molecule has 1 unspecified atom stereocenters. The quantitative estimate of drug-likeness (QED) is 0.229. The predicted octanol–water partition coefficient (Wildman–Crippen LogP) is 7.69. The van der Waals surface area contributed by atoms with Gasteiger partial charge in [-0.1, -0.05) is 65.7 Å². The molecule has 0 spiro atoms. The van der Waals surface area contributed by atoms with E-state index in [1.54, 1.807) is 18.2 Å². The van der Waals surface area contributed by atoms with Gasteiger partial charge in [0.05, 0.1) is 12.8 Å². The Hall–Kier alpha value is -3.74. The number of methoxy groups -OCH3 is 1. The highest BCUT2D eigenvalue weighted by Gasteiger charge is 2.24. The lowest BCUT2D eigenvalue weighted by molar-refractivity contribution is -0.115. The monoisotopic (exact) mass is 530 g/mol. The summed E-state index contributed by atoms with van der Waals surface area (Å²) in [6.07, 6.45) is 0. The van der Waals surface area contributed by atoms with Gasteiger partial charge in [-0.15, -0.1) is 11.8 Å². The number of thioether (sulfide) groups is 1. The summed E-state index contributed by atoms with van der Waals surface area (Å²) in [6, 6.07) is 28.0. The zero-order chi connectivity index (χ0) is 26.4. The molecule has 0 aromatic heterocycles. The lowest BCUT2D eigenvalue weighted by Crippen LogP contribution is -2.19. The lowest BCUT2D eigenvalue weighted by Gasteiger charge is -2.19. The summed E-state index contributed by atoms with van der Waals surface area (Å²) in [5.74, 6) is 0.0976. The Labute approximate surface area is 226 Å². The third kappa shape index (κ3) is 6.73. The molecule has 7 heteroatoms. The molecule has 0 aliphatic carbocycles. The summed E-state index contributed by atoms with van der Waals surface area (Å²) in [6.45, 7) is 3.82. The smallest absolute Gasteiger partial charge is 0.255 e. The van der Waals surface area contributed by atoms with E-state index in [1.165, 1.54) is 18.9 Å². The second-order valence-electron chi connectivity index (χ2n) is 8.55. The molecule has 0 fully saturated rings. The van der Waals surface area contributed by atoms with Crippen LogP contribution in [0.5, 0.6) is 5.75 Å². The molecule has 0 saturated heterocycles. The zero-order valence-electron chi connectivity index (χ0n) is 20.7. The van der Waals surface area contributed by atoms with Gasteiger partial charge in [0.2, 0.25) is 5.91 Å². The molecule has 4 aromatic rings. The molecule has 2 amide bonds. The van der Waals surface area contributed by atoms with E-state index < -0.39 is 5.25 Å². The average molecular weight is 531 g/mol. The number of benzene rings is 4. The normalized spacial score (nSPS) is 11.5. The zero-order valence-corrected chi connectivity index (χ0v) is 22.3. The second-order valence-corrected chi connectivity index (χ2v) is 10.1. The molecule has 2 N–H and O–H groups in total. The van der Waals surface area contributed by atoms with E-state index in [9.17, 15) is 9.59 Å². The second kappa shape index (κ2) is 12.0. The minimum atomic E-state index is -0.551. The van der Waals surface area contributed by atoms with Crippen molar-refractivity contribution in [3.63, 3.8) is 0 Å². The number of halogens is 1. The first-order chi connectivity index (χ1) is 17.8. The minimum absolute atomic E-state index is 0.187. The van der Waals surface area contributed by atoms with Crippen LogP contribution in [-0.2, 0) is 4.79 Å². The van der Waals surface area contributed by atoms with E-state index in [0.29, 0.717) is 27.7 Å². The summed E-state index contributed by atoms with van der Waals surface area (Å²) < 4.78 is 5.44. The first kappa shape index (κ1) is 26.3. The SMILES string of the molecule is COc1cc(Cl)c(C)cc1NC(=O)C(Sc1cccc(NC(=O)c2cccc(C)c2)c1)c1ccccc1. The van der Waals surface area contributed by atoms with E-state index in [2.05, 4.69) is 10.6 Å². The van der Waals surface area contributed by atoms with Crippen molar-refractivity contribution in [2.75, 3.05) is 17.7 Å².